The number of nitrogens with zero attached hydrogens (tertiary/aromatic N) is 2. The van der Waals surface area contributed by atoms with Crippen LogP contribution in [0.5, 0.6) is 0 Å². The lowest BCUT2D eigenvalue weighted by Crippen LogP contribution is -2.40. The Labute approximate surface area is 172 Å². The number of imidazole rings is 1. The van der Waals surface area contributed by atoms with Crippen molar-refractivity contribution in [2.24, 2.45) is 5.73 Å². The summed E-state index contributed by atoms with van der Waals surface area (Å²) in [5.41, 5.74) is 10.4. The fourth-order valence-electron chi connectivity index (χ4n) is 3.09. The summed E-state index contributed by atoms with van der Waals surface area (Å²) in [5.74, 6) is -0.0951. The van der Waals surface area contributed by atoms with E-state index in [1.54, 1.807) is 6.20 Å². The van der Waals surface area contributed by atoms with Gasteiger partial charge in [0.2, 0.25) is 5.91 Å². The summed E-state index contributed by atoms with van der Waals surface area (Å²) in [4.78, 5) is 16.2. The first-order valence-corrected chi connectivity index (χ1v) is 9.33. The van der Waals surface area contributed by atoms with Crippen molar-refractivity contribution in [2.45, 2.75) is 38.9 Å². The highest BCUT2D eigenvalue weighted by Crippen LogP contribution is 2.24. The molecule has 1 aromatic heterocycles. The summed E-state index contributed by atoms with van der Waals surface area (Å²) >= 11 is 0. The maximum absolute atomic E-state index is 12.1. The van der Waals surface area contributed by atoms with Crippen molar-refractivity contribution in [3.05, 3.63) is 78.4 Å². The molecule has 5 nitrogen and oxygen atoms in total. The molecule has 1 heterocycles. The third-order valence-electron chi connectivity index (χ3n) is 4.60. The lowest BCUT2D eigenvalue weighted by atomic mass is 9.98. The zero-order valence-electron chi connectivity index (χ0n) is 16.0. The van der Waals surface area contributed by atoms with Crippen LogP contribution in [0.4, 0.5) is 0 Å². The highest BCUT2D eigenvalue weighted by molar-refractivity contribution is 5.85. The minimum absolute atomic E-state index is 0. The van der Waals surface area contributed by atoms with E-state index in [-0.39, 0.29) is 18.3 Å². The molecule has 0 saturated carbocycles. The van der Waals surface area contributed by atoms with Gasteiger partial charge in [0.25, 0.3) is 0 Å². The topological polar surface area (TPSA) is 72.9 Å². The molecule has 148 valence electrons. The number of benzene rings is 2. The Kier molecular flexibility index (Phi) is 8.23. The standard InChI is InChI=1S/C22H26N4O.ClH/c1-2-5-21(23)22(27)25-14-19-6-3-4-7-20(19)18-10-8-17(9-11-18)15-26-13-12-24-16-26;/h3-4,6-13,16,21H,2,5,14-15,23H2,1H3,(H,25,27);1H. The first-order valence-electron chi connectivity index (χ1n) is 9.33. The molecule has 0 bridgehead atoms. The van der Waals surface area contributed by atoms with Crippen LogP contribution in [0, 0.1) is 0 Å². The second-order valence-corrected chi connectivity index (χ2v) is 6.70. The molecule has 0 spiro atoms. The lowest BCUT2D eigenvalue weighted by Gasteiger charge is -2.14. The number of halogens is 1. The fourth-order valence-corrected chi connectivity index (χ4v) is 3.09. The molecule has 0 aliphatic rings. The van der Waals surface area contributed by atoms with E-state index >= 15 is 0 Å². The second kappa shape index (κ2) is 10.6. The Hall–Kier alpha value is -2.63. The predicted molar refractivity (Wildman–Crippen MR) is 115 cm³/mol. The maximum Gasteiger partial charge on any atom is 0.237 e. The maximum atomic E-state index is 12.1. The largest absolute Gasteiger partial charge is 0.351 e. The highest BCUT2D eigenvalue weighted by atomic mass is 35.5. The van der Waals surface area contributed by atoms with E-state index in [0.717, 1.165) is 29.7 Å². The van der Waals surface area contributed by atoms with Crippen LogP contribution < -0.4 is 11.1 Å². The van der Waals surface area contributed by atoms with E-state index in [1.165, 1.54) is 5.56 Å². The highest BCUT2D eigenvalue weighted by Gasteiger charge is 2.12. The molecule has 0 saturated heterocycles. The summed E-state index contributed by atoms with van der Waals surface area (Å²) in [7, 11) is 0. The minimum Gasteiger partial charge on any atom is -0.351 e. The van der Waals surface area contributed by atoms with Gasteiger partial charge in [0, 0.05) is 25.5 Å². The molecule has 0 radical (unpaired) electrons. The van der Waals surface area contributed by atoms with Crippen molar-refractivity contribution in [1.82, 2.24) is 14.9 Å². The van der Waals surface area contributed by atoms with Crippen molar-refractivity contribution >= 4 is 18.3 Å². The van der Waals surface area contributed by atoms with Crippen molar-refractivity contribution in [3.8, 4) is 11.1 Å². The van der Waals surface area contributed by atoms with E-state index < -0.39 is 6.04 Å². The average molecular weight is 399 g/mol. The molecule has 3 N–H and O–H groups in total. The Morgan fingerprint density at radius 3 is 2.61 bits per heavy atom. The van der Waals surface area contributed by atoms with E-state index in [4.69, 9.17) is 5.73 Å². The van der Waals surface area contributed by atoms with Crippen LogP contribution >= 0.6 is 12.4 Å². The minimum atomic E-state index is -0.440. The molecule has 28 heavy (non-hydrogen) atoms. The lowest BCUT2D eigenvalue weighted by molar-refractivity contribution is -0.122. The number of aromatic nitrogens is 2. The Bertz CT molecular complexity index is 863. The fraction of sp³-hybridized carbons (Fsp3) is 0.273. The van der Waals surface area contributed by atoms with E-state index in [0.29, 0.717) is 13.0 Å². The number of nitrogens with two attached hydrogens (primary N) is 1. The van der Waals surface area contributed by atoms with Gasteiger partial charge in [0.1, 0.15) is 0 Å². The van der Waals surface area contributed by atoms with Gasteiger partial charge in [0.05, 0.1) is 12.4 Å². The van der Waals surface area contributed by atoms with Crippen molar-refractivity contribution in [1.29, 1.82) is 0 Å². The molecule has 3 aromatic rings. The van der Waals surface area contributed by atoms with Crippen LogP contribution in [-0.4, -0.2) is 21.5 Å². The summed E-state index contributed by atoms with van der Waals surface area (Å²) < 4.78 is 2.04. The Balaban J connectivity index is 0.00000280. The molecule has 1 amide bonds. The van der Waals surface area contributed by atoms with Gasteiger partial charge in [-0.1, -0.05) is 61.9 Å². The normalized spacial score (nSPS) is 11.5. The number of nitrogens with one attached hydrogen (secondary N) is 1. The Morgan fingerprint density at radius 1 is 1.18 bits per heavy atom. The molecule has 3 rings (SSSR count). The van der Waals surface area contributed by atoms with Gasteiger partial charge >= 0.3 is 0 Å². The zero-order chi connectivity index (χ0) is 19.1. The van der Waals surface area contributed by atoms with Gasteiger partial charge in [-0.2, -0.15) is 0 Å². The van der Waals surface area contributed by atoms with Crippen LogP contribution in [0.25, 0.3) is 11.1 Å². The molecule has 0 aliphatic carbocycles. The van der Waals surface area contributed by atoms with Crippen LogP contribution in [0.15, 0.2) is 67.3 Å². The zero-order valence-corrected chi connectivity index (χ0v) is 16.9. The number of carbonyl (C=O) groups excluding carboxylic acids is 1. The quantitative estimate of drug-likeness (QED) is 0.606. The summed E-state index contributed by atoms with van der Waals surface area (Å²) in [5, 5.41) is 2.96. The molecule has 0 fully saturated rings. The van der Waals surface area contributed by atoms with Gasteiger partial charge in [-0.25, -0.2) is 4.98 Å². The van der Waals surface area contributed by atoms with Gasteiger partial charge in [-0.3, -0.25) is 4.79 Å². The number of hydrogen-bond donors (Lipinski definition) is 2. The number of hydrogen-bond acceptors (Lipinski definition) is 3. The molecular weight excluding hydrogens is 372 g/mol. The third-order valence-corrected chi connectivity index (χ3v) is 4.60. The van der Waals surface area contributed by atoms with Gasteiger partial charge in [-0.15, -0.1) is 12.4 Å². The predicted octanol–water partition coefficient (Wildman–Crippen LogP) is 3.76. The summed E-state index contributed by atoms with van der Waals surface area (Å²) in [6, 6.07) is 16.2. The molecule has 1 atom stereocenters. The summed E-state index contributed by atoms with van der Waals surface area (Å²) in [6.07, 6.45) is 7.15. The first-order chi connectivity index (χ1) is 13.2. The van der Waals surface area contributed by atoms with Crippen molar-refractivity contribution < 1.29 is 4.79 Å². The monoisotopic (exact) mass is 398 g/mol. The van der Waals surface area contributed by atoms with Crippen LogP contribution in [0.3, 0.4) is 0 Å². The van der Waals surface area contributed by atoms with Crippen LogP contribution in [-0.2, 0) is 17.9 Å². The molecule has 2 aromatic carbocycles. The number of carbonyl (C=O) groups is 1. The third kappa shape index (κ3) is 5.68. The molecule has 0 aliphatic heterocycles. The summed E-state index contributed by atoms with van der Waals surface area (Å²) in [6.45, 7) is 3.30. The smallest absolute Gasteiger partial charge is 0.237 e. The molecular formula is C22H27ClN4O. The molecule has 6 heteroatoms. The van der Waals surface area contributed by atoms with Crippen LogP contribution in [0.1, 0.15) is 30.9 Å². The van der Waals surface area contributed by atoms with Gasteiger partial charge in [-0.05, 0) is 28.7 Å². The van der Waals surface area contributed by atoms with E-state index in [1.807, 2.05) is 42.2 Å². The average Bonchev–Trinajstić information content (AvgIpc) is 3.20. The van der Waals surface area contributed by atoms with Gasteiger partial charge in [0.15, 0.2) is 0 Å². The van der Waals surface area contributed by atoms with Gasteiger partial charge < -0.3 is 15.6 Å². The second-order valence-electron chi connectivity index (χ2n) is 6.70. The first kappa shape index (κ1) is 21.7. The number of amides is 1. The molecule has 1 unspecified atom stereocenters. The van der Waals surface area contributed by atoms with Crippen molar-refractivity contribution in [2.75, 3.05) is 0 Å². The van der Waals surface area contributed by atoms with Crippen molar-refractivity contribution in [3.63, 3.8) is 0 Å². The Morgan fingerprint density at radius 2 is 1.93 bits per heavy atom. The SMILES string of the molecule is CCCC(N)C(=O)NCc1ccccc1-c1ccc(Cn2ccnc2)cc1.Cl. The van der Waals surface area contributed by atoms with Crippen LogP contribution in [0.2, 0.25) is 0 Å². The number of rotatable bonds is 8. The van der Waals surface area contributed by atoms with E-state index in [2.05, 4.69) is 40.6 Å². The van der Waals surface area contributed by atoms with E-state index in [9.17, 15) is 4.79 Å².